The van der Waals surface area contributed by atoms with E-state index >= 15 is 0 Å². The van der Waals surface area contributed by atoms with Crippen molar-refractivity contribution >= 4 is 40.9 Å². The lowest BCUT2D eigenvalue weighted by atomic mass is 10.1. The number of fused-ring (bicyclic) bond motifs is 2. The second-order valence-electron chi connectivity index (χ2n) is 10.8. The lowest BCUT2D eigenvalue weighted by Crippen LogP contribution is -2.31. The largest absolute Gasteiger partial charge is 0.427 e. The van der Waals surface area contributed by atoms with Crippen molar-refractivity contribution in [2.75, 3.05) is 16.8 Å². The molecule has 0 unspecified atom stereocenters. The highest BCUT2D eigenvalue weighted by Crippen LogP contribution is 2.47. The number of amides is 1. The maximum absolute atomic E-state index is 14.1. The Morgan fingerprint density at radius 1 is 0.744 bits per heavy atom. The first-order valence-electron chi connectivity index (χ1n) is 14.3. The smallest absolute Gasteiger partial charge is 0.308 e. The Morgan fingerprint density at radius 2 is 1.35 bits per heavy atom. The molecule has 1 aliphatic rings. The van der Waals surface area contributed by atoms with Crippen LogP contribution in [0.4, 0.5) is 17.1 Å². The maximum Gasteiger partial charge on any atom is 0.308 e. The summed E-state index contributed by atoms with van der Waals surface area (Å²) < 4.78 is 16.2. The number of nitrogens with zero attached hydrogens (tertiary/aromatic N) is 1. The molecule has 0 aliphatic carbocycles. The molecule has 2 aromatic carbocycles. The highest BCUT2D eigenvalue weighted by Gasteiger charge is 2.32. The fourth-order valence-electron chi connectivity index (χ4n) is 4.60. The van der Waals surface area contributed by atoms with E-state index in [0.717, 1.165) is 31.3 Å². The van der Waals surface area contributed by atoms with Crippen LogP contribution in [-0.2, 0) is 14.4 Å². The van der Waals surface area contributed by atoms with E-state index in [1.165, 1.54) is 49.0 Å². The molecule has 228 valence electrons. The molecule has 0 fully saturated rings. The summed E-state index contributed by atoms with van der Waals surface area (Å²) in [5, 5.41) is 3.16. The van der Waals surface area contributed by atoms with Crippen molar-refractivity contribution in [1.82, 2.24) is 0 Å². The molecular formula is C34H40N2O7. The summed E-state index contributed by atoms with van der Waals surface area (Å²) in [6.45, 7) is 12.3. The zero-order valence-electron chi connectivity index (χ0n) is 26.0. The van der Waals surface area contributed by atoms with Crippen LogP contribution in [-0.4, -0.2) is 30.4 Å². The Balaban J connectivity index is 2.03. The number of nitrogens with one attached hydrogen (secondary N) is 1. The van der Waals surface area contributed by atoms with E-state index in [2.05, 4.69) is 38.2 Å². The molecular weight excluding hydrogens is 548 g/mol. The molecule has 9 heteroatoms. The zero-order chi connectivity index (χ0) is 31.7. The Hall–Kier alpha value is -4.66. The Morgan fingerprint density at radius 3 is 1.98 bits per heavy atom. The van der Waals surface area contributed by atoms with Gasteiger partial charge in [0.1, 0.15) is 11.4 Å². The molecule has 3 rings (SSSR count). The molecule has 2 aromatic rings. The molecule has 0 bridgehead atoms. The van der Waals surface area contributed by atoms with E-state index in [4.69, 9.17) is 14.2 Å². The van der Waals surface area contributed by atoms with Crippen molar-refractivity contribution in [3.8, 4) is 17.2 Å². The molecule has 1 N–H and O–H groups in total. The van der Waals surface area contributed by atoms with E-state index in [9.17, 15) is 19.2 Å². The van der Waals surface area contributed by atoms with E-state index in [-0.39, 0.29) is 46.6 Å². The normalized spacial score (nSPS) is 12.8. The summed E-state index contributed by atoms with van der Waals surface area (Å²) in [7, 11) is 0. The summed E-state index contributed by atoms with van der Waals surface area (Å²) in [5.74, 6) is -1.85. The monoisotopic (exact) mass is 588 g/mol. The average Bonchev–Trinajstić information content (AvgIpc) is 3.01. The number of benzene rings is 2. The number of ether oxygens (including phenoxy) is 3. The summed E-state index contributed by atoms with van der Waals surface area (Å²) in [5.41, 5.74) is 4.84. The quantitative estimate of drug-likeness (QED) is 0.162. The first-order chi connectivity index (χ1) is 20.3. The average molecular weight is 589 g/mol. The molecule has 0 spiro atoms. The number of esters is 3. The molecule has 43 heavy (non-hydrogen) atoms. The highest BCUT2D eigenvalue weighted by atomic mass is 16.5. The molecule has 1 amide bonds. The topological polar surface area (TPSA) is 111 Å². The summed E-state index contributed by atoms with van der Waals surface area (Å²) in [6, 6.07) is 7.73. The summed E-state index contributed by atoms with van der Waals surface area (Å²) in [4.78, 5) is 51.3. The van der Waals surface area contributed by atoms with Crippen LogP contribution in [0.2, 0.25) is 0 Å². The van der Waals surface area contributed by atoms with Gasteiger partial charge in [0, 0.05) is 39.4 Å². The number of carbonyl (C=O) groups is 4. The van der Waals surface area contributed by atoms with Crippen molar-refractivity contribution < 1.29 is 33.4 Å². The number of para-hydroxylation sites is 1. The molecule has 0 saturated heterocycles. The van der Waals surface area contributed by atoms with Crippen LogP contribution >= 0.6 is 0 Å². The number of allylic oxidation sites excluding steroid dienone is 5. The highest BCUT2D eigenvalue weighted by molar-refractivity contribution is 6.15. The third kappa shape index (κ3) is 9.43. The Bertz CT molecular complexity index is 1500. The van der Waals surface area contributed by atoms with E-state index in [1.807, 2.05) is 13.0 Å². The van der Waals surface area contributed by atoms with Gasteiger partial charge in [-0.25, -0.2) is 0 Å². The fourth-order valence-corrected chi connectivity index (χ4v) is 4.60. The minimum Gasteiger partial charge on any atom is -0.427 e. The fraction of sp³-hybridized carbons (Fsp3) is 0.353. The van der Waals surface area contributed by atoms with Crippen molar-refractivity contribution in [1.29, 1.82) is 0 Å². The third-order valence-electron chi connectivity index (χ3n) is 6.61. The van der Waals surface area contributed by atoms with Crippen molar-refractivity contribution in [2.45, 2.75) is 74.1 Å². The van der Waals surface area contributed by atoms with Gasteiger partial charge in [-0.3, -0.25) is 19.2 Å². The van der Waals surface area contributed by atoms with Crippen LogP contribution in [0.1, 0.15) is 84.5 Å². The van der Waals surface area contributed by atoms with Gasteiger partial charge >= 0.3 is 17.9 Å². The first kappa shape index (κ1) is 32.8. The van der Waals surface area contributed by atoms with Crippen LogP contribution in [0.25, 0.3) is 0 Å². The Kier molecular flexibility index (Phi) is 11.5. The Labute approximate surface area is 253 Å². The van der Waals surface area contributed by atoms with Crippen LogP contribution in [0.3, 0.4) is 0 Å². The minimum atomic E-state index is -0.612. The van der Waals surface area contributed by atoms with Crippen molar-refractivity contribution in [3.05, 3.63) is 70.8 Å². The van der Waals surface area contributed by atoms with Crippen LogP contribution < -0.4 is 24.4 Å². The van der Waals surface area contributed by atoms with E-state index in [0.29, 0.717) is 5.69 Å². The van der Waals surface area contributed by atoms with Gasteiger partial charge in [-0.1, -0.05) is 41.0 Å². The van der Waals surface area contributed by atoms with E-state index in [1.54, 1.807) is 18.2 Å². The number of carbonyl (C=O) groups excluding carboxylic acids is 4. The summed E-state index contributed by atoms with van der Waals surface area (Å²) in [6.07, 6.45) is 10.2. The molecule has 1 aliphatic heterocycles. The molecule has 0 aromatic heterocycles. The van der Waals surface area contributed by atoms with Crippen LogP contribution in [0.15, 0.2) is 65.3 Å². The molecule has 0 radical (unpaired) electrons. The SMILES string of the molecule is CC(=O)Oc1cc(OC(C)=O)c2c(c1)N(C/C=C(\C)CC/C=C(\C)CCC=C(C)C)C(=O)c1cccc(OC(C)=O)c1N2. The number of anilines is 3. The molecule has 0 saturated carbocycles. The summed E-state index contributed by atoms with van der Waals surface area (Å²) >= 11 is 0. The predicted molar refractivity (Wildman–Crippen MR) is 167 cm³/mol. The van der Waals surface area contributed by atoms with Gasteiger partial charge in [0.2, 0.25) is 0 Å². The number of hydrogen-bond acceptors (Lipinski definition) is 8. The zero-order valence-corrected chi connectivity index (χ0v) is 26.0. The van der Waals surface area contributed by atoms with Gasteiger partial charge in [-0.15, -0.1) is 0 Å². The van der Waals surface area contributed by atoms with E-state index < -0.39 is 17.9 Å². The number of hydrogen-bond donors (Lipinski definition) is 1. The standard InChI is InChI=1S/C34H40N2O7/c1-21(2)11-8-12-22(3)13-9-14-23(4)17-18-36-29-19-27(41-24(5)37)20-31(43-26(7)39)33(29)35-32-28(34(36)40)15-10-16-30(32)42-25(6)38/h10-11,13,15-17,19-20,35H,8-9,12,14,18H2,1-7H3/b22-13+,23-17+. The lowest BCUT2D eigenvalue weighted by Gasteiger charge is -2.23. The second kappa shape index (κ2) is 15.0. The van der Waals surface area contributed by atoms with Gasteiger partial charge in [0.15, 0.2) is 11.5 Å². The second-order valence-corrected chi connectivity index (χ2v) is 10.8. The van der Waals surface area contributed by atoms with Crippen LogP contribution in [0.5, 0.6) is 17.2 Å². The van der Waals surface area contributed by atoms with Gasteiger partial charge in [0.05, 0.1) is 16.9 Å². The van der Waals surface area contributed by atoms with Gasteiger partial charge in [-0.05, 0) is 65.5 Å². The predicted octanol–water partition coefficient (Wildman–Crippen LogP) is 7.59. The van der Waals surface area contributed by atoms with Crippen LogP contribution in [0, 0.1) is 0 Å². The molecule has 1 heterocycles. The van der Waals surface area contributed by atoms with Gasteiger partial charge in [0.25, 0.3) is 5.91 Å². The maximum atomic E-state index is 14.1. The number of rotatable bonds is 11. The molecule has 0 atom stereocenters. The third-order valence-corrected chi connectivity index (χ3v) is 6.61. The minimum absolute atomic E-state index is 0.0407. The molecule has 9 nitrogen and oxygen atoms in total. The van der Waals surface area contributed by atoms with Crippen molar-refractivity contribution in [3.63, 3.8) is 0 Å². The van der Waals surface area contributed by atoms with Gasteiger partial charge in [-0.2, -0.15) is 0 Å². The van der Waals surface area contributed by atoms with Gasteiger partial charge < -0.3 is 24.4 Å². The lowest BCUT2D eigenvalue weighted by molar-refractivity contribution is -0.132. The van der Waals surface area contributed by atoms with Crippen molar-refractivity contribution in [2.24, 2.45) is 0 Å². The first-order valence-corrected chi connectivity index (χ1v) is 14.3.